The average Bonchev–Trinajstić information content (AvgIpc) is 2.53. The molecule has 0 saturated carbocycles. The van der Waals surface area contributed by atoms with E-state index in [-0.39, 0.29) is 23.1 Å². The summed E-state index contributed by atoms with van der Waals surface area (Å²) >= 11 is 0. The van der Waals surface area contributed by atoms with Gasteiger partial charge in [-0.3, -0.25) is 14.9 Å². The zero-order valence-corrected chi connectivity index (χ0v) is 10.9. The number of hydrogen-bond acceptors (Lipinski definition) is 4. The molecular weight excluding hydrogens is 254 g/mol. The molecule has 1 aliphatic rings. The van der Waals surface area contributed by atoms with Crippen molar-refractivity contribution in [1.29, 1.82) is 0 Å². The first-order chi connectivity index (χ1) is 8.23. The molecule has 1 aromatic carbocycles. The van der Waals surface area contributed by atoms with Gasteiger partial charge in [-0.15, -0.1) is 0 Å². The van der Waals surface area contributed by atoms with E-state index in [4.69, 9.17) is 0 Å². The highest BCUT2D eigenvalue weighted by Crippen LogP contribution is 2.32. The van der Waals surface area contributed by atoms with E-state index in [2.05, 4.69) is 5.32 Å². The van der Waals surface area contributed by atoms with Crippen LogP contribution < -0.4 is 5.32 Å². The van der Waals surface area contributed by atoms with Gasteiger partial charge in [-0.2, -0.15) is 0 Å². The third kappa shape index (κ3) is 2.03. The molecule has 0 bridgehead atoms. The Morgan fingerprint density at radius 3 is 2.11 bits per heavy atom. The summed E-state index contributed by atoms with van der Waals surface area (Å²) in [4.78, 5) is 23.2. The van der Waals surface area contributed by atoms with Gasteiger partial charge in [-0.25, -0.2) is 8.42 Å². The van der Waals surface area contributed by atoms with E-state index in [1.165, 1.54) is 12.1 Å². The van der Waals surface area contributed by atoms with Crippen LogP contribution in [0.1, 0.15) is 18.9 Å². The number of nitrogens with one attached hydrogen (secondary N) is 1. The lowest BCUT2D eigenvalue weighted by molar-refractivity contribution is -0.126. The van der Waals surface area contributed by atoms with Crippen LogP contribution in [0.4, 0.5) is 0 Å². The molecule has 18 heavy (non-hydrogen) atoms. The van der Waals surface area contributed by atoms with Gasteiger partial charge in [-0.05, 0) is 24.6 Å². The Morgan fingerprint density at radius 2 is 1.72 bits per heavy atom. The number of amides is 2. The number of rotatable bonds is 2. The van der Waals surface area contributed by atoms with Gasteiger partial charge in [0.25, 0.3) is 0 Å². The van der Waals surface area contributed by atoms with Crippen LogP contribution in [0.2, 0.25) is 0 Å². The van der Waals surface area contributed by atoms with Crippen LogP contribution in [-0.2, 0) is 24.8 Å². The molecule has 1 aromatic rings. The second-order valence-corrected chi connectivity index (χ2v) is 6.70. The molecule has 2 rings (SSSR count). The van der Waals surface area contributed by atoms with Crippen molar-refractivity contribution in [3.63, 3.8) is 0 Å². The lowest BCUT2D eigenvalue weighted by Crippen LogP contribution is -2.32. The Kier molecular flexibility index (Phi) is 2.77. The zero-order valence-electron chi connectivity index (χ0n) is 10.1. The molecule has 1 N–H and O–H groups in total. The number of sulfone groups is 1. The molecule has 1 saturated heterocycles. The Balaban J connectivity index is 2.42. The molecule has 0 radical (unpaired) electrons. The van der Waals surface area contributed by atoms with Crippen molar-refractivity contribution in [1.82, 2.24) is 5.32 Å². The summed E-state index contributed by atoms with van der Waals surface area (Å²) in [5, 5.41) is 2.25. The molecule has 1 atom stereocenters. The summed E-state index contributed by atoms with van der Waals surface area (Å²) in [6.45, 7) is 1.67. The van der Waals surface area contributed by atoms with E-state index >= 15 is 0 Å². The van der Waals surface area contributed by atoms with Gasteiger partial charge in [0.2, 0.25) is 11.8 Å². The van der Waals surface area contributed by atoms with Gasteiger partial charge in [0.05, 0.1) is 10.3 Å². The fourth-order valence-corrected chi connectivity index (χ4v) is 2.64. The summed E-state index contributed by atoms with van der Waals surface area (Å²) in [7, 11) is -3.25. The first-order valence-electron chi connectivity index (χ1n) is 5.38. The SMILES string of the molecule is C[C@@]1(c2ccc(S(C)(=O)=O)cc2)CC(=O)NC1=O. The molecular formula is C12H13NO4S. The summed E-state index contributed by atoms with van der Waals surface area (Å²) in [5.41, 5.74) is -0.272. The van der Waals surface area contributed by atoms with E-state index < -0.39 is 15.3 Å². The van der Waals surface area contributed by atoms with Crippen LogP contribution in [0.3, 0.4) is 0 Å². The smallest absolute Gasteiger partial charge is 0.237 e. The minimum absolute atomic E-state index is 0.0874. The van der Waals surface area contributed by atoms with Gasteiger partial charge >= 0.3 is 0 Å². The molecule has 0 spiro atoms. The first kappa shape index (κ1) is 12.8. The maximum Gasteiger partial charge on any atom is 0.237 e. The highest BCUT2D eigenvalue weighted by molar-refractivity contribution is 7.90. The third-order valence-corrected chi connectivity index (χ3v) is 4.32. The van der Waals surface area contributed by atoms with Crippen LogP contribution in [0.15, 0.2) is 29.2 Å². The molecule has 0 unspecified atom stereocenters. The van der Waals surface area contributed by atoms with Gasteiger partial charge < -0.3 is 0 Å². The predicted octanol–water partition coefficient (Wildman–Crippen LogP) is 0.394. The lowest BCUT2D eigenvalue weighted by Gasteiger charge is -2.20. The highest BCUT2D eigenvalue weighted by Gasteiger charge is 2.43. The van der Waals surface area contributed by atoms with Crippen LogP contribution in [0, 0.1) is 0 Å². The summed E-state index contributed by atoms with van der Waals surface area (Å²) < 4.78 is 22.7. The summed E-state index contributed by atoms with van der Waals surface area (Å²) in [6.07, 6.45) is 1.21. The molecule has 2 amide bonds. The van der Waals surface area contributed by atoms with Crippen molar-refractivity contribution >= 4 is 21.7 Å². The quantitative estimate of drug-likeness (QED) is 0.786. The zero-order chi connectivity index (χ0) is 13.6. The van der Waals surface area contributed by atoms with Crippen molar-refractivity contribution in [3.05, 3.63) is 29.8 Å². The molecule has 96 valence electrons. The highest BCUT2D eigenvalue weighted by atomic mass is 32.2. The van der Waals surface area contributed by atoms with Crippen molar-refractivity contribution < 1.29 is 18.0 Å². The number of imide groups is 1. The summed E-state index contributed by atoms with van der Waals surface area (Å²) in [6, 6.07) is 6.06. The topological polar surface area (TPSA) is 80.3 Å². The van der Waals surface area contributed by atoms with E-state index in [0.717, 1.165) is 6.26 Å². The second-order valence-electron chi connectivity index (χ2n) is 4.68. The van der Waals surface area contributed by atoms with Crippen molar-refractivity contribution in [3.8, 4) is 0 Å². The maximum atomic E-state index is 11.7. The standard InChI is InChI=1S/C12H13NO4S/c1-12(7-10(14)13-11(12)15)8-3-5-9(6-4-8)18(2,16)17/h3-6H,7H2,1-2H3,(H,13,14,15)/t12-/m0/s1. The van der Waals surface area contributed by atoms with Crippen molar-refractivity contribution in [2.24, 2.45) is 0 Å². The van der Waals surface area contributed by atoms with Gasteiger partial charge in [0, 0.05) is 12.7 Å². The Morgan fingerprint density at radius 1 is 1.17 bits per heavy atom. The largest absolute Gasteiger partial charge is 0.296 e. The Labute approximate surface area is 105 Å². The molecule has 1 heterocycles. The van der Waals surface area contributed by atoms with Gasteiger partial charge in [0.1, 0.15) is 0 Å². The van der Waals surface area contributed by atoms with Crippen LogP contribution in [-0.4, -0.2) is 26.5 Å². The van der Waals surface area contributed by atoms with E-state index in [0.29, 0.717) is 5.56 Å². The van der Waals surface area contributed by atoms with Gasteiger partial charge in [-0.1, -0.05) is 12.1 Å². The predicted molar refractivity (Wildman–Crippen MR) is 64.7 cm³/mol. The van der Waals surface area contributed by atoms with Crippen LogP contribution in [0.5, 0.6) is 0 Å². The van der Waals surface area contributed by atoms with Crippen molar-refractivity contribution in [2.75, 3.05) is 6.26 Å². The normalized spacial score (nSPS) is 24.1. The van der Waals surface area contributed by atoms with Gasteiger partial charge in [0.15, 0.2) is 9.84 Å². The van der Waals surface area contributed by atoms with E-state index in [9.17, 15) is 18.0 Å². The molecule has 6 heteroatoms. The van der Waals surface area contributed by atoms with Crippen molar-refractivity contribution in [2.45, 2.75) is 23.7 Å². The minimum atomic E-state index is -3.25. The second kappa shape index (κ2) is 3.91. The third-order valence-electron chi connectivity index (χ3n) is 3.19. The molecule has 0 aliphatic carbocycles. The number of carbonyl (C=O) groups is 2. The summed E-state index contributed by atoms with van der Waals surface area (Å²) in [5.74, 6) is -0.658. The fourth-order valence-electron chi connectivity index (χ4n) is 2.01. The van der Waals surface area contributed by atoms with Crippen LogP contribution >= 0.6 is 0 Å². The Bertz CT molecular complexity index is 618. The first-order valence-corrected chi connectivity index (χ1v) is 7.27. The van der Waals surface area contributed by atoms with Crippen LogP contribution in [0.25, 0.3) is 0 Å². The number of carbonyl (C=O) groups excluding carboxylic acids is 2. The maximum absolute atomic E-state index is 11.7. The molecule has 5 nitrogen and oxygen atoms in total. The number of benzene rings is 1. The monoisotopic (exact) mass is 267 g/mol. The van der Waals surface area contributed by atoms with E-state index in [1.54, 1.807) is 19.1 Å². The van der Waals surface area contributed by atoms with E-state index in [1.807, 2.05) is 0 Å². The average molecular weight is 267 g/mol. The fraction of sp³-hybridized carbons (Fsp3) is 0.333. The Hall–Kier alpha value is -1.69. The molecule has 1 aliphatic heterocycles. The minimum Gasteiger partial charge on any atom is -0.296 e. The molecule has 1 fully saturated rings. The number of hydrogen-bond donors (Lipinski definition) is 1. The molecule has 0 aromatic heterocycles. The lowest BCUT2D eigenvalue weighted by atomic mass is 9.81.